The maximum atomic E-state index is 5.74. The van der Waals surface area contributed by atoms with Crippen molar-refractivity contribution >= 4 is 34.1 Å². The Hall–Kier alpha value is -0.460. The van der Waals surface area contributed by atoms with E-state index in [1.165, 1.54) is 11.5 Å². The number of nitrogens with two attached hydrogens (primary N) is 1. The summed E-state index contributed by atoms with van der Waals surface area (Å²) < 4.78 is 9.65. The highest BCUT2D eigenvalue weighted by molar-refractivity contribution is 7.99. The van der Waals surface area contributed by atoms with Crippen LogP contribution in [0.25, 0.3) is 0 Å². The fraction of sp³-hybridized carbons (Fsp3) is 0.727. The summed E-state index contributed by atoms with van der Waals surface area (Å²) in [6.45, 7) is 6.75. The van der Waals surface area contributed by atoms with Crippen LogP contribution in [0.5, 0.6) is 0 Å². The van der Waals surface area contributed by atoms with E-state index >= 15 is 0 Å². The van der Waals surface area contributed by atoms with Gasteiger partial charge in [-0.15, -0.1) is 11.8 Å². The van der Waals surface area contributed by atoms with Gasteiger partial charge in [-0.25, -0.2) is 0 Å². The van der Waals surface area contributed by atoms with Crippen LogP contribution in [0, 0.1) is 5.92 Å². The molecule has 0 aliphatic rings. The van der Waals surface area contributed by atoms with Crippen molar-refractivity contribution < 1.29 is 4.74 Å². The van der Waals surface area contributed by atoms with E-state index in [0.717, 1.165) is 36.1 Å². The van der Waals surface area contributed by atoms with Gasteiger partial charge in [-0.1, -0.05) is 13.8 Å². The van der Waals surface area contributed by atoms with Gasteiger partial charge in [0.1, 0.15) is 5.00 Å². The van der Waals surface area contributed by atoms with Crippen molar-refractivity contribution in [2.24, 2.45) is 5.92 Å². The molecule has 0 saturated heterocycles. The molecule has 0 fully saturated rings. The van der Waals surface area contributed by atoms with Gasteiger partial charge in [0, 0.05) is 13.2 Å². The number of rotatable bonds is 8. The highest BCUT2D eigenvalue weighted by atomic mass is 32.2. The fourth-order valence-corrected chi connectivity index (χ4v) is 2.83. The Morgan fingerprint density at radius 1 is 1.47 bits per heavy atom. The summed E-state index contributed by atoms with van der Waals surface area (Å²) in [5.41, 5.74) is 5.74. The number of nitrogens with one attached hydrogen (secondary N) is 1. The van der Waals surface area contributed by atoms with E-state index in [9.17, 15) is 0 Å². The number of nitrogen functional groups attached to an aromatic ring is 1. The van der Waals surface area contributed by atoms with Crippen LogP contribution in [0.4, 0.5) is 10.8 Å². The van der Waals surface area contributed by atoms with Crippen molar-refractivity contribution in [3.8, 4) is 0 Å². The van der Waals surface area contributed by atoms with Crippen LogP contribution in [0.2, 0.25) is 0 Å². The second kappa shape index (κ2) is 7.79. The number of aromatic nitrogens is 1. The van der Waals surface area contributed by atoms with Crippen LogP contribution in [0.3, 0.4) is 0 Å². The number of hydrogen-bond donors (Lipinski definition) is 2. The Kier molecular flexibility index (Phi) is 6.69. The lowest BCUT2D eigenvalue weighted by Crippen LogP contribution is -2.10. The molecule has 1 rings (SSSR count). The van der Waals surface area contributed by atoms with E-state index in [2.05, 4.69) is 23.5 Å². The smallest absolute Gasteiger partial charge is 0.153 e. The van der Waals surface area contributed by atoms with Gasteiger partial charge in [-0.05, 0) is 30.1 Å². The van der Waals surface area contributed by atoms with E-state index in [-0.39, 0.29) is 0 Å². The minimum absolute atomic E-state index is 0.616. The average molecular weight is 275 g/mol. The summed E-state index contributed by atoms with van der Waals surface area (Å²) in [6.07, 6.45) is 3.12. The molecule has 0 aliphatic carbocycles. The van der Waals surface area contributed by atoms with Gasteiger partial charge in [0.05, 0.1) is 11.5 Å². The van der Waals surface area contributed by atoms with Crippen LogP contribution >= 0.6 is 23.3 Å². The molecule has 17 heavy (non-hydrogen) atoms. The molecule has 0 aliphatic heterocycles. The van der Waals surface area contributed by atoms with E-state index < -0.39 is 0 Å². The molecule has 1 heterocycles. The molecule has 0 spiro atoms. The number of thioether (sulfide) groups is 1. The number of hydrogen-bond acceptors (Lipinski definition) is 6. The summed E-state index contributed by atoms with van der Waals surface area (Å²) in [5, 5.41) is 4.35. The van der Waals surface area contributed by atoms with Crippen molar-refractivity contribution in [2.45, 2.75) is 25.2 Å². The third-order valence-electron chi connectivity index (χ3n) is 2.25. The molecular weight excluding hydrogens is 254 g/mol. The summed E-state index contributed by atoms with van der Waals surface area (Å²) in [5.74, 6) is 1.32. The molecule has 6 heteroatoms. The molecule has 4 nitrogen and oxygen atoms in total. The second-order valence-electron chi connectivity index (χ2n) is 4.15. The summed E-state index contributed by atoms with van der Waals surface area (Å²) in [4.78, 5) is 1.04. The van der Waals surface area contributed by atoms with Crippen LogP contribution < -0.4 is 11.1 Å². The zero-order valence-electron chi connectivity index (χ0n) is 10.7. The Morgan fingerprint density at radius 3 is 2.88 bits per heavy atom. The van der Waals surface area contributed by atoms with E-state index in [0.29, 0.717) is 11.7 Å². The minimum Gasteiger partial charge on any atom is -0.382 e. The summed E-state index contributed by atoms with van der Waals surface area (Å²) in [7, 11) is 0. The molecule has 0 amide bonds. The Balaban J connectivity index is 2.18. The van der Waals surface area contributed by atoms with Crippen molar-refractivity contribution in [1.29, 1.82) is 0 Å². The highest BCUT2D eigenvalue weighted by Crippen LogP contribution is 2.34. The van der Waals surface area contributed by atoms with Crippen molar-refractivity contribution in [3.05, 3.63) is 0 Å². The molecule has 0 radical (unpaired) electrons. The minimum atomic E-state index is 0.616. The Labute approximate surface area is 111 Å². The van der Waals surface area contributed by atoms with Crippen LogP contribution in [-0.4, -0.2) is 30.4 Å². The van der Waals surface area contributed by atoms with E-state index in [4.69, 9.17) is 10.5 Å². The molecule has 0 aromatic carbocycles. The topological polar surface area (TPSA) is 60.2 Å². The van der Waals surface area contributed by atoms with Crippen LogP contribution in [0.1, 0.15) is 20.3 Å². The van der Waals surface area contributed by atoms with Gasteiger partial charge >= 0.3 is 0 Å². The molecule has 0 atom stereocenters. The number of ether oxygens (including phenoxy) is 1. The highest BCUT2D eigenvalue weighted by Gasteiger charge is 2.09. The van der Waals surface area contributed by atoms with Crippen molar-refractivity contribution in [3.63, 3.8) is 0 Å². The first-order chi connectivity index (χ1) is 8.15. The first-order valence-electron chi connectivity index (χ1n) is 5.76. The number of nitrogens with zero attached hydrogens (tertiary/aromatic N) is 1. The van der Waals surface area contributed by atoms with Crippen molar-refractivity contribution in [1.82, 2.24) is 4.37 Å². The van der Waals surface area contributed by atoms with E-state index in [1.807, 2.05) is 6.26 Å². The quantitative estimate of drug-likeness (QED) is 0.564. The molecule has 98 valence electrons. The largest absolute Gasteiger partial charge is 0.382 e. The van der Waals surface area contributed by atoms with Crippen LogP contribution in [-0.2, 0) is 4.74 Å². The van der Waals surface area contributed by atoms with Gasteiger partial charge in [-0.3, -0.25) is 0 Å². The lowest BCUT2D eigenvalue weighted by Gasteiger charge is -2.08. The fourth-order valence-electron chi connectivity index (χ4n) is 1.26. The lowest BCUT2D eigenvalue weighted by atomic mass is 10.1. The molecule has 1 aromatic rings. The predicted octanol–water partition coefficient (Wildman–Crippen LogP) is 2.92. The van der Waals surface area contributed by atoms with Crippen LogP contribution in [0.15, 0.2) is 4.90 Å². The molecule has 0 saturated carbocycles. The van der Waals surface area contributed by atoms with Crippen molar-refractivity contribution in [2.75, 3.05) is 37.1 Å². The SMILES string of the molecule is CSc1c(N)nsc1NCCOCCC(C)C. The lowest BCUT2D eigenvalue weighted by molar-refractivity contribution is 0.133. The zero-order chi connectivity index (χ0) is 12.7. The maximum Gasteiger partial charge on any atom is 0.153 e. The normalized spacial score (nSPS) is 11.1. The summed E-state index contributed by atoms with van der Waals surface area (Å²) in [6, 6.07) is 0. The first kappa shape index (κ1) is 14.6. The van der Waals surface area contributed by atoms with Gasteiger partial charge in [0.25, 0.3) is 0 Å². The molecular formula is C11H21N3OS2. The third kappa shape index (κ3) is 5.14. The monoisotopic (exact) mass is 275 g/mol. The second-order valence-corrected chi connectivity index (χ2v) is 5.74. The molecule has 0 unspecified atom stereocenters. The van der Waals surface area contributed by atoms with E-state index in [1.54, 1.807) is 11.8 Å². The summed E-state index contributed by atoms with van der Waals surface area (Å²) >= 11 is 3.03. The molecule has 0 bridgehead atoms. The van der Waals surface area contributed by atoms with Gasteiger partial charge in [0.2, 0.25) is 0 Å². The first-order valence-corrected chi connectivity index (χ1v) is 7.75. The van der Waals surface area contributed by atoms with Gasteiger partial charge in [0.15, 0.2) is 5.82 Å². The molecule has 3 N–H and O–H groups in total. The Morgan fingerprint density at radius 2 is 2.24 bits per heavy atom. The molecule has 1 aromatic heterocycles. The maximum absolute atomic E-state index is 5.74. The van der Waals surface area contributed by atoms with Gasteiger partial charge in [-0.2, -0.15) is 4.37 Å². The zero-order valence-corrected chi connectivity index (χ0v) is 12.3. The third-order valence-corrected chi connectivity index (χ3v) is 4.02. The predicted molar refractivity (Wildman–Crippen MR) is 77.1 cm³/mol. The number of anilines is 2. The van der Waals surface area contributed by atoms with Gasteiger partial charge < -0.3 is 15.8 Å². The average Bonchev–Trinajstić information content (AvgIpc) is 2.63. The Bertz CT molecular complexity index is 329. The standard InChI is InChI=1S/C11H21N3OS2/c1-8(2)4-6-15-7-5-13-11-9(16-3)10(12)14-17-11/h8,13H,4-7H2,1-3H3,(H2,12,14).